The number of nitrogens with one attached hydrogen (secondary N) is 1. The number of benzene rings is 1. The maximum absolute atomic E-state index is 5.88. The molecule has 1 aromatic carbocycles. The number of thioether (sulfide) groups is 1. The van der Waals surface area contributed by atoms with Crippen LogP contribution in [0.2, 0.25) is 5.02 Å². The molecular weight excluding hydrogens is 306 g/mol. The zero-order chi connectivity index (χ0) is 14.7. The minimum atomic E-state index is -0.115. The second-order valence-corrected chi connectivity index (χ2v) is 6.71. The van der Waals surface area contributed by atoms with E-state index in [2.05, 4.69) is 22.4 Å². The van der Waals surface area contributed by atoms with E-state index in [0.717, 1.165) is 47.4 Å². The second kappa shape index (κ2) is 6.38. The van der Waals surface area contributed by atoms with Crippen molar-refractivity contribution in [1.29, 1.82) is 0 Å². The van der Waals surface area contributed by atoms with Crippen molar-refractivity contribution < 1.29 is 4.52 Å². The highest BCUT2D eigenvalue weighted by atomic mass is 35.5. The van der Waals surface area contributed by atoms with Crippen LogP contribution in [0.5, 0.6) is 0 Å². The Morgan fingerprint density at radius 1 is 1.38 bits per heavy atom. The number of hydrogen-bond donors (Lipinski definition) is 1. The van der Waals surface area contributed by atoms with Gasteiger partial charge in [-0.3, -0.25) is 0 Å². The maximum atomic E-state index is 5.88. The van der Waals surface area contributed by atoms with Crippen LogP contribution >= 0.6 is 23.4 Å². The fraction of sp³-hybridized carbons (Fsp3) is 0.467. The van der Waals surface area contributed by atoms with Crippen LogP contribution in [-0.2, 0) is 11.3 Å². The zero-order valence-electron chi connectivity index (χ0n) is 11.9. The molecule has 1 saturated heterocycles. The third kappa shape index (κ3) is 3.25. The molecule has 112 valence electrons. The van der Waals surface area contributed by atoms with Crippen LogP contribution in [0.1, 0.15) is 37.9 Å². The number of aromatic nitrogens is 2. The first-order valence-corrected chi connectivity index (χ1v) is 8.55. The van der Waals surface area contributed by atoms with Gasteiger partial charge in [-0.2, -0.15) is 4.98 Å². The molecule has 1 aliphatic rings. The molecule has 1 aromatic heterocycles. The van der Waals surface area contributed by atoms with E-state index in [0.29, 0.717) is 5.75 Å². The number of hydrogen-bond acceptors (Lipinski definition) is 5. The summed E-state index contributed by atoms with van der Waals surface area (Å²) >= 11 is 7.56. The van der Waals surface area contributed by atoms with Crippen LogP contribution in [-0.4, -0.2) is 16.7 Å². The number of rotatable bonds is 5. The minimum absolute atomic E-state index is 0.115. The molecule has 1 aliphatic heterocycles. The first-order chi connectivity index (χ1) is 10.2. The van der Waals surface area contributed by atoms with Gasteiger partial charge < -0.3 is 9.84 Å². The summed E-state index contributed by atoms with van der Waals surface area (Å²) in [5.74, 6) is 2.17. The zero-order valence-corrected chi connectivity index (χ0v) is 13.5. The standard InChI is InChI=1S/C15H18ClN3OS/c1-2-15(8-3-9-17-15)14-18-13(19-20-14)10-21-12-6-4-11(16)5-7-12/h4-7,17H,2-3,8-10H2,1H3. The Hall–Kier alpha value is -1.04. The van der Waals surface area contributed by atoms with E-state index < -0.39 is 0 Å². The van der Waals surface area contributed by atoms with Crippen molar-refractivity contribution in [3.05, 3.63) is 41.0 Å². The largest absolute Gasteiger partial charge is 0.337 e. The molecule has 0 spiro atoms. The van der Waals surface area contributed by atoms with E-state index in [1.165, 1.54) is 0 Å². The second-order valence-electron chi connectivity index (χ2n) is 5.22. The molecule has 0 saturated carbocycles. The molecule has 1 atom stereocenters. The van der Waals surface area contributed by atoms with E-state index in [4.69, 9.17) is 16.1 Å². The summed E-state index contributed by atoms with van der Waals surface area (Å²) < 4.78 is 5.49. The van der Waals surface area contributed by atoms with Crippen molar-refractivity contribution in [1.82, 2.24) is 15.5 Å². The van der Waals surface area contributed by atoms with Crippen molar-refractivity contribution in [2.75, 3.05) is 6.54 Å². The lowest BCUT2D eigenvalue weighted by Crippen LogP contribution is -2.36. The Morgan fingerprint density at radius 3 is 2.86 bits per heavy atom. The van der Waals surface area contributed by atoms with E-state index in [9.17, 15) is 0 Å². The predicted octanol–water partition coefficient (Wildman–Crippen LogP) is 4.00. The number of halogens is 1. The molecule has 21 heavy (non-hydrogen) atoms. The lowest BCUT2D eigenvalue weighted by Gasteiger charge is -2.22. The van der Waals surface area contributed by atoms with Gasteiger partial charge in [0.15, 0.2) is 5.82 Å². The molecule has 0 amide bonds. The molecule has 1 fully saturated rings. The quantitative estimate of drug-likeness (QED) is 0.843. The summed E-state index contributed by atoms with van der Waals surface area (Å²) in [6, 6.07) is 7.78. The van der Waals surface area contributed by atoms with Crippen molar-refractivity contribution in [3.63, 3.8) is 0 Å². The Labute approximate surface area is 133 Å². The average molecular weight is 324 g/mol. The third-order valence-corrected chi connectivity index (χ3v) is 5.17. The van der Waals surface area contributed by atoms with Gasteiger partial charge in [0.2, 0.25) is 5.89 Å². The summed E-state index contributed by atoms with van der Waals surface area (Å²) in [5.41, 5.74) is -0.115. The summed E-state index contributed by atoms with van der Waals surface area (Å²) in [5, 5.41) is 8.37. The van der Waals surface area contributed by atoms with Gasteiger partial charge in [-0.15, -0.1) is 11.8 Å². The van der Waals surface area contributed by atoms with E-state index >= 15 is 0 Å². The summed E-state index contributed by atoms with van der Waals surface area (Å²) in [6.07, 6.45) is 3.19. The SMILES string of the molecule is CCC1(c2nc(CSc3ccc(Cl)cc3)no2)CCCN1. The highest BCUT2D eigenvalue weighted by Gasteiger charge is 2.38. The Kier molecular flexibility index (Phi) is 4.52. The lowest BCUT2D eigenvalue weighted by molar-refractivity contribution is 0.249. The van der Waals surface area contributed by atoms with Crippen LogP contribution in [0.25, 0.3) is 0 Å². The van der Waals surface area contributed by atoms with Gasteiger partial charge in [0.05, 0.1) is 11.3 Å². The van der Waals surface area contributed by atoms with Crippen LogP contribution < -0.4 is 5.32 Å². The molecule has 6 heteroatoms. The predicted molar refractivity (Wildman–Crippen MR) is 84.5 cm³/mol. The van der Waals surface area contributed by atoms with Crippen LogP contribution in [0.15, 0.2) is 33.7 Å². The molecular formula is C15H18ClN3OS. The van der Waals surface area contributed by atoms with Crippen molar-refractivity contribution in [2.24, 2.45) is 0 Å². The van der Waals surface area contributed by atoms with Gasteiger partial charge in [0.1, 0.15) is 0 Å². The van der Waals surface area contributed by atoms with Crippen LogP contribution in [0, 0.1) is 0 Å². The Morgan fingerprint density at radius 2 is 2.19 bits per heavy atom. The first kappa shape index (κ1) is 14.9. The molecule has 2 aromatic rings. The summed E-state index contributed by atoms with van der Waals surface area (Å²) in [7, 11) is 0. The summed E-state index contributed by atoms with van der Waals surface area (Å²) in [6.45, 7) is 3.18. The monoisotopic (exact) mass is 323 g/mol. The average Bonchev–Trinajstić information content (AvgIpc) is 3.16. The highest BCUT2D eigenvalue weighted by molar-refractivity contribution is 7.98. The fourth-order valence-corrected chi connectivity index (χ4v) is 3.49. The van der Waals surface area contributed by atoms with Crippen molar-refractivity contribution in [2.45, 2.75) is 42.4 Å². The maximum Gasteiger partial charge on any atom is 0.246 e. The van der Waals surface area contributed by atoms with E-state index in [-0.39, 0.29) is 5.54 Å². The molecule has 0 radical (unpaired) electrons. The normalized spacial score (nSPS) is 21.8. The molecule has 2 heterocycles. The minimum Gasteiger partial charge on any atom is -0.337 e. The van der Waals surface area contributed by atoms with Gasteiger partial charge in [0.25, 0.3) is 0 Å². The molecule has 1 unspecified atom stereocenters. The molecule has 0 aliphatic carbocycles. The first-order valence-electron chi connectivity index (χ1n) is 7.18. The third-order valence-electron chi connectivity index (χ3n) is 3.91. The number of nitrogens with zero attached hydrogens (tertiary/aromatic N) is 2. The molecule has 4 nitrogen and oxygen atoms in total. The van der Waals surface area contributed by atoms with Gasteiger partial charge >= 0.3 is 0 Å². The Balaban J connectivity index is 1.66. The molecule has 3 rings (SSSR count). The van der Waals surface area contributed by atoms with Crippen LogP contribution in [0.4, 0.5) is 0 Å². The van der Waals surface area contributed by atoms with Crippen molar-refractivity contribution >= 4 is 23.4 Å². The summed E-state index contributed by atoms with van der Waals surface area (Å²) in [4.78, 5) is 5.73. The van der Waals surface area contributed by atoms with E-state index in [1.54, 1.807) is 11.8 Å². The Bertz CT molecular complexity index is 593. The van der Waals surface area contributed by atoms with Gasteiger partial charge in [-0.25, -0.2) is 0 Å². The highest BCUT2D eigenvalue weighted by Crippen LogP contribution is 2.33. The van der Waals surface area contributed by atoms with Gasteiger partial charge in [0, 0.05) is 9.92 Å². The topological polar surface area (TPSA) is 51.0 Å². The fourth-order valence-electron chi connectivity index (χ4n) is 2.63. The van der Waals surface area contributed by atoms with Crippen LogP contribution in [0.3, 0.4) is 0 Å². The smallest absolute Gasteiger partial charge is 0.246 e. The van der Waals surface area contributed by atoms with Crippen molar-refractivity contribution in [3.8, 4) is 0 Å². The van der Waals surface area contributed by atoms with E-state index in [1.807, 2.05) is 24.3 Å². The molecule has 0 bridgehead atoms. The van der Waals surface area contributed by atoms with Gasteiger partial charge in [-0.1, -0.05) is 23.7 Å². The lowest BCUT2D eigenvalue weighted by atomic mass is 9.94. The van der Waals surface area contributed by atoms with Gasteiger partial charge in [-0.05, 0) is 50.1 Å². The molecule has 1 N–H and O–H groups in total.